The van der Waals surface area contributed by atoms with E-state index < -0.39 is 50.5 Å². The molecule has 1 saturated heterocycles. The van der Waals surface area contributed by atoms with E-state index in [9.17, 15) is 22.0 Å². The van der Waals surface area contributed by atoms with Crippen LogP contribution >= 0.6 is 0 Å². The van der Waals surface area contributed by atoms with Gasteiger partial charge in [-0.25, -0.2) is 26.1 Å². The lowest BCUT2D eigenvalue weighted by molar-refractivity contribution is 0.102. The van der Waals surface area contributed by atoms with E-state index in [-0.39, 0.29) is 29.7 Å². The van der Waals surface area contributed by atoms with E-state index in [1.807, 2.05) is 0 Å². The quantitative estimate of drug-likeness (QED) is 0.517. The maximum absolute atomic E-state index is 15.7. The second-order valence-electron chi connectivity index (χ2n) is 8.20. The summed E-state index contributed by atoms with van der Waals surface area (Å²) in [5.41, 5.74) is 0.212. The molecule has 6 nitrogen and oxygen atoms in total. The minimum atomic E-state index is -3.69. The largest absolute Gasteiger partial charge is 0.359 e. The number of ketones is 1. The number of anilines is 1. The van der Waals surface area contributed by atoms with Crippen molar-refractivity contribution in [1.82, 2.24) is 9.61 Å². The lowest BCUT2D eigenvalue weighted by atomic mass is 10.0. The zero-order valence-electron chi connectivity index (χ0n) is 17.5. The predicted molar refractivity (Wildman–Crippen MR) is 114 cm³/mol. The van der Waals surface area contributed by atoms with Crippen molar-refractivity contribution in [3.05, 3.63) is 65.5 Å². The third kappa shape index (κ3) is 3.99. The number of Topliss-reactive ketones (excluding diaryl/α,β-unsaturated/α-hetero) is 1. The van der Waals surface area contributed by atoms with Crippen LogP contribution in [-0.2, 0) is 9.84 Å². The number of hydrogen-bond acceptors (Lipinski definition) is 5. The highest BCUT2D eigenvalue weighted by Crippen LogP contribution is 2.39. The SMILES string of the molecule is CC(C)S(=O)(=O)CC(=O)c1cnn2ccc(N3C[C@@H](F)C[C@@H]3c3cccc(F)c3)c(F)c12. The molecule has 2 aromatic heterocycles. The van der Waals surface area contributed by atoms with Gasteiger partial charge in [0.2, 0.25) is 0 Å². The van der Waals surface area contributed by atoms with Gasteiger partial charge in [0, 0.05) is 19.2 Å². The summed E-state index contributed by atoms with van der Waals surface area (Å²) in [6.07, 6.45) is 1.37. The van der Waals surface area contributed by atoms with Gasteiger partial charge in [-0.15, -0.1) is 0 Å². The highest BCUT2D eigenvalue weighted by atomic mass is 32.2. The number of sulfone groups is 1. The van der Waals surface area contributed by atoms with Crippen LogP contribution in [-0.4, -0.2) is 47.5 Å². The van der Waals surface area contributed by atoms with Crippen LogP contribution in [0, 0.1) is 11.6 Å². The van der Waals surface area contributed by atoms with Gasteiger partial charge in [0.1, 0.15) is 23.3 Å². The van der Waals surface area contributed by atoms with Crippen LogP contribution in [0.25, 0.3) is 5.52 Å². The normalized spacial score (nSPS) is 19.2. The van der Waals surface area contributed by atoms with Gasteiger partial charge in [-0.3, -0.25) is 4.79 Å². The first-order chi connectivity index (χ1) is 15.1. The standard InChI is InChI=1S/C22H22F3N3O3S/c1-13(2)32(30,31)12-20(29)17-10-26-28-7-6-18(21(25)22(17)28)27-11-16(24)9-19(27)14-4-3-5-15(23)8-14/h3-8,10,13,16,19H,9,11-12H2,1-2H3/t16-,19+/m0/s1. The summed E-state index contributed by atoms with van der Waals surface area (Å²) in [6, 6.07) is 6.55. The maximum Gasteiger partial charge on any atom is 0.181 e. The predicted octanol–water partition coefficient (Wildman–Crippen LogP) is 3.91. The van der Waals surface area contributed by atoms with Crippen molar-refractivity contribution in [3.8, 4) is 0 Å². The van der Waals surface area contributed by atoms with E-state index >= 15 is 4.39 Å². The van der Waals surface area contributed by atoms with Gasteiger partial charge in [-0.2, -0.15) is 5.10 Å². The summed E-state index contributed by atoms with van der Waals surface area (Å²) in [4.78, 5) is 14.2. The fraction of sp³-hybridized carbons (Fsp3) is 0.364. The van der Waals surface area contributed by atoms with Gasteiger partial charge < -0.3 is 4.90 Å². The monoisotopic (exact) mass is 465 g/mol. The van der Waals surface area contributed by atoms with Crippen LogP contribution < -0.4 is 4.90 Å². The Kier molecular flexibility index (Phi) is 5.74. The fourth-order valence-electron chi connectivity index (χ4n) is 3.96. The zero-order chi connectivity index (χ0) is 23.2. The molecule has 170 valence electrons. The van der Waals surface area contributed by atoms with Crippen molar-refractivity contribution in [1.29, 1.82) is 0 Å². The molecule has 0 aliphatic carbocycles. The second-order valence-corrected chi connectivity index (χ2v) is 10.8. The number of hydrogen-bond donors (Lipinski definition) is 0. The number of pyridine rings is 1. The van der Waals surface area contributed by atoms with Gasteiger partial charge in [-0.1, -0.05) is 12.1 Å². The van der Waals surface area contributed by atoms with Crippen LogP contribution in [0.2, 0.25) is 0 Å². The number of alkyl halides is 1. The third-order valence-electron chi connectivity index (χ3n) is 5.75. The highest BCUT2D eigenvalue weighted by Gasteiger charge is 2.36. The summed E-state index contributed by atoms with van der Waals surface area (Å²) < 4.78 is 69.3. The lowest BCUT2D eigenvalue weighted by Crippen LogP contribution is -2.25. The molecule has 32 heavy (non-hydrogen) atoms. The maximum atomic E-state index is 15.7. The molecule has 1 aliphatic rings. The Labute approximate surface area is 183 Å². The molecule has 1 fully saturated rings. The number of halogens is 3. The summed E-state index contributed by atoms with van der Waals surface area (Å²) >= 11 is 0. The zero-order valence-corrected chi connectivity index (χ0v) is 18.3. The summed E-state index contributed by atoms with van der Waals surface area (Å²) in [6.45, 7) is 2.82. The molecule has 0 N–H and O–H groups in total. The van der Waals surface area contributed by atoms with E-state index in [0.29, 0.717) is 5.56 Å². The molecule has 0 unspecified atom stereocenters. The average Bonchev–Trinajstić information content (AvgIpc) is 3.32. The first kappa shape index (κ1) is 22.3. The molecular formula is C22H22F3N3O3S. The topological polar surface area (TPSA) is 71.7 Å². The van der Waals surface area contributed by atoms with Crippen LogP contribution in [0.4, 0.5) is 18.9 Å². The Hall–Kier alpha value is -2.88. The van der Waals surface area contributed by atoms with E-state index in [2.05, 4.69) is 5.10 Å². The van der Waals surface area contributed by atoms with Gasteiger partial charge in [0.25, 0.3) is 0 Å². The van der Waals surface area contributed by atoms with Crippen LogP contribution in [0.1, 0.15) is 42.2 Å². The first-order valence-corrected chi connectivity index (χ1v) is 11.9. The second kappa shape index (κ2) is 8.23. The lowest BCUT2D eigenvalue weighted by Gasteiger charge is -2.27. The molecular weight excluding hydrogens is 443 g/mol. The number of rotatable bonds is 6. The van der Waals surface area contributed by atoms with Crippen molar-refractivity contribution >= 4 is 26.8 Å². The van der Waals surface area contributed by atoms with Gasteiger partial charge >= 0.3 is 0 Å². The Morgan fingerprint density at radius 2 is 2.00 bits per heavy atom. The molecule has 0 bridgehead atoms. The smallest absolute Gasteiger partial charge is 0.181 e. The third-order valence-corrected chi connectivity index (χ3v) is 7.85. The molecule has 2 atom stereocenters. The number of nitrogens with zero attached hydrogens (tertiary/aromatic N) is 3. The molecule has 0 radical (unpaired) electrons. The van der Waals surface area contributed by atoms with E-state index in [4.69, 9.17) is 0 Å². The van der Waals surface area contributed by atoms with Crippen molar-refractivity contribution in [2.45, 2.75) is 37.7 Å². The van der Waals surface area contributed by atoms with Gasteiger partial charge in [0.15, 0.2) is 21.4 Å². The molecule has 3 heterocycles. The number of fused-ring (bicyclic) bond motifs is 1. The van der Waals surface area contributed by atoms with Crippen molar-refractivity contribution in [2.75, 3.05) is 17.2 Å². The summed E-state index contributed by atoms with van der Waals surface area (Å²) in [7, 11) is -3.69. The molecule has 4 rings (SSSR count). The molecule has 3 aromatic rings. The molecule has 10 heteroatoms. The number of carbonyl (C=O) groups is 1. The highest BCUT2D eigenvalue weighted by molar-refractivity contribution is 7.92. The van der Waals surface area contributed by atoms with E-state index in [1.165, 1.54) is 49.2 Å². The van der Waals surface area contributed by atoms with Crippen LogP contribution in [0.15, 0.2) is 42.7 Å². The number of carbonyl (C=O) groups excluding carboxylic acids is 1. The minimum Gasteiger partial charge on any atom is -0.359 e. The van der Waals surface area contributed by atoms with Crippen molar-refractivity contribution in [3.63, 3.8) is 0 Å². The summed E-state index contributed by atoms with van der Waals surface area (Å²) in [5.74, 6) is -2.82. The average molecular weight is 465 g/mol. The Bertz CT molecular complexity index is 1290. The molecule has 1 aromatic carbocycles. The van der Waals surface area contributed by atoms with Crippen LogP contribution in [0.5, 0.6) is 0 Å². The molecule has 0 saturated carbocycles. The molecule has 1 aliphatic heterocycles. The van der Waals surface area contributed by atoms with E-state index in [1.54, 1.807) is 6.07 Å². The van der Waals surface area contributed by atoms with Crippen LogP contribution in [0.3, 0.4) is 0 Å². The fourth-order valence-corrected chi connectivity index (χ4v) is 4.82. The minimum absolute atomic E-state index is 0.0353. The first-order valence-electron chi connectivity index (χ1n) is 10.1. The molecule has 0 spiro atoms. The van der Waals surface area contributed by atoms with Crippen molar-refractivity contribution < 1.29 is 26.4 Å². The number of aromatic nitrogens is 2. The molecule has 0 amide bonds. The van der Waals surface area contributed by atoms with Gasteiger partial charge in [-0.05, 0) is 37.6 Å². The Balaban J connectivity index is 1.76. The van der Waals surface area contributed by atoms with Gasteiger partial charge in [0.05, 0.1) is 28.7 Å². The summed E-state index contributed by atoms with van der Waals surface area (Å²) in [5, 5.41) is 3.21. The van der Waals surface area contributed by atoms with E-state index in [0.717, 1.165) is 10.7 Å². The number of benzene rings is 1. The van der Waals surface area contributed by atoms with Crippen molar-refractivity contribution in [2.24, 2.45) is 0 Å². The Morgan fingerprint density at radius 3 is 2.69 bits per heavy atom. The Morgan fingerprint density at radius 1 is 1.25 bits per heavy atom.